The molecule has 0 amide bonds. The summed E-state index contributed by atoms with van der Waals surface area (Å²) < 4.78 is 0. The van der Waals surface area contributed by atoms with E-state index in [2.05, 4.69) is 125 Å². The Hall–Kier alpha value is -3.82. The first-order chi connectivity index (χ1) is 16.8. The smallest absolute Gasteiger partial charge is 0.0327 e. The number of benzene rings is 5. The Morgan fingerprint density at radius 3 is 2.00 bits per heavy atom. The molecule has 0 nitrogen and oxygen atoms in total. The molecule has 5 aromatic carbocycles. The lowest BCUT2D eigenvalue weighted by atomic mass is 9.68. The zero-order valence-electron chi connectivity index (χ0n) is 21.0. The van der Waals surface area contributed by atoms with Crippen molar-refractivity contribution in [3.05, 3.63) is 118 Å². The Morgan fingerprint density at radius 2 is 1.20 bits per heavy atom. The van der Waals surface area contributed by atoms with E-state index in [-0.39, 0.29) is 10.8 Å². The Kier molecular flexibility index (Phi) is 3.90. The molecule has 0 N–H and O–H groups in total. The molecule has 2 aliphatic carbocycles. The number of rotatable bonds is 0. The fourth-order valence-electron chi connectivity index (χ4n) is 6.66. The monoisotopic (exact) mass is 448 g/mol. The molecule has 7 rings (SSSR count). The fourth-order valence-corrected chi connectivity index (χ4v) is 6.66. The van der Waals surface area contributed by atoms with Crippen molar-refractivity contribution in [1.29, 1.82) is 0 Å². The topological polar surface area (TPSA) is 0 Å². The largest absolute Gasteiger partial charge is 0.0616 e. The van der Waals surface area contributed by atoms with Crippen LogP contribution in [0.2, 0.25) is 0 Å². The second-order valence-electron chi connectivity index (χ2n) is 11.3. The number of fused-ring (bicyclic) bond motifs is 1. The average molecular weight is 449 g/mol. The standard InChI is InChI=1S/C35H28/c1-21-18-28-33-31-25(21)14-9-15-27(31)34(2,3)29-19-22(20-30(32(29)33)35(28,4)5)16-17-24-12-8-11-23-10-6-7-13-26(23)24/h6-15,18-20H,1-5H3. The van der Waals surface area contributed by atoms with Crippen LogP contribution < -0.4 is 0 Å². The van der Waals surface area contributed by atoms with E-state index in [1.165, 1.54) is 60.5 Å². The van der Waals surface area contributed by atoms with Crippen molar-refractivity contribution in [2.45, 2.75) is 45.4 Å². The van der Waals surface area contributed by atoms with Crippen LogP contribution in [0, 0.1) is 18.8 Å². The summed E-state index contributed by atoms with van der Waals surface area (Å²) in [5, 5.41) is 5.30. The normalized spacial score (nSPS) is 15.8. The van der Waals surface area contributed by atoms with Crippen LogP contribution in [0.15, 0.2) is 78.9 Å². The summed E-state index contributed by atoms with van der Waals surface area (Å²) in [5.74, 6) is 7.08. The van der Waals surface area contributed by atoms with Gasteiger partial charge in [-0.2, -0.15) is 0 Å². The maximum absolute atomic E-state index is 3.57. The van der Waals surface area contributed by atoms with E-state index in [0.29, 0.717) is 0 Å². The molecule has 2 aliphatic rings. The summed E-state index contributed by atoms with van der Waals surface area (Å²) >= 11 is 0. The van der Waals surface area contributed by atoms with E-state index in [1.807, 2.05) is 0 Å². The van der Waals surface area contributed by atoms with Gasteiger partial charge < -0.3 is 0 Å². The first-order valence-corrected chi connectivity index (χ1v) is 12.5. The maximum atomic E-state index is 3.57. The van der Waals surface area contributed by atoms with Gasteiger partial charge in [0.05, 0.1) is 0 Å². The van der Waals surface area contributed by atoms with Crippen LogP contribution in [0.4, 0.5) is 0 Å². The molecule has 0 atom stereocenters. The van der Waals surface area contributed by atoms with Gasteiger partial charge in [0, 0.05) is 22.0 Å². The lowest BCUT2D eigenvalue weighted by Crippen LogP contribution is -2.24. The van der Waals surface area contributed by atoms with Crippen LogP contribution in [-0.4, -0.2) is 0 Å². The molecule has 0 spiro atoms. The first kappa shape index (κ1) is 20.5. The minimum Gasteiger partial charge on any atom is -0.0616 e. The van der Waals surface area contributed by atoms with E-state index in [9.17, 15) is 0 Å². The van der Waals surface area contributed by atoms with Crippen molar-refractivity contribution in [3.63, 3.8) is 0 Å². The molecular weight excluding hydrogens is 420 g/mol. The van der Waals surface area contributed by atoms with Gasteiger partial charge in [-0.25, -0.2) is 0 Å². The van der Waals surface area contributed by atoms with Crippen LogP contribution >= 0.6 is 0 Å². The predicted molar refractivity (Wildman–Crippen MR) is 148 cm³/mol. The van der Waals surface area contributed by atoms with Crippen LogP contribution in [0.25, 0.3) is 32.7 Å². The van der Waals surface area contributed by atoms with E-state index in [1.54, 1.807) is 0 Å². The van der Waals surface area contributed by atoms with Crippen LogP contribution in [0.5, 0.6) is 0 Å². The van der Waals surface area contributed by atoms with Crippen LogP contribution in [-0.2, 0) is 10.8 Å². The molecule has 0 heterocycles. The molecule has 0 saturated heterocycles. The molecule has 168 valence electrons. The van der Waals surface area contributed by atoms with E-state index in [0.717, 1.165) is 11.1 Å². The third-order valence-corrected chi connectivity index (χ3v) is 8.58. The molecule has 0 heteroatoms. The molecule has 0 saturated carbocycles. The minimum absolute atomic E-state index is 0.0525. The van der Waals surface area contributed by atoms with Crippen molar-refractivity contribution in [1.82, 2.24) is 0 Å². The summed E-state index contributed by atoms with van der Waals surface area (Å²) in [4.78, 5) is 0. The van der Waals surface area contributed by atoms with Gasteiger partial charge in [-0.3, -0.25) is 0 Å². The highest BCUT2D eigenvalue weighted by molar-refractivity contribution is 6.09. The highest BCUT2D eigenvalue weighted by atomic mass is 14.5. The zero-order valence-corrected chi connectivity index (χ0v) is 21.0. The Morgan fingerprint density at radius 1 is 0.571 bits per heavy atom. The van der Waals surface area contributed by atoms with E-state index < -0.39 is 0 Å². The van der Waals surface area contributed by atoms with Crippen molar-refractivity contribution < 1.29 is 0 Å². The average Bonchev–Trinajstić information content (AvgIpc) is 3.08. The SMILES string of the molecule is Cc1cc2c3c4c(cccc14)C(C)(C)c1cc(C#Cc4cccc5ccccc45)cc(c1-3)C2(C)C. The van der Waals surface area contributed by atoms with Crippen molar-refractivity contribution in [2.24, 2.45) is 0 Å². The Bertz CT molecular complexity index is 1790. The van der Waals surface area contributed by atoms with Crippen molar-refractivity contribution >= 4 is 21.5 Å². The number of hydrogen-bond donors (Lipinski definition) is 0. The molecule has 0 fully saturated rings. The highest BCUT2D eigenvalue weighted by Gasteiger charge is 2.45. The molecule has 35 heavy (non-hydrogen) atoms. The number of hydrogen-bond acceptors (Lipinski definition) is 0. The molecule has 0 unspecified atom stereocenters. The molecular formula is C35H28. The molecule has 0 radical (unpaired) electrons. The van der Waals surface area contributed by atoms with Gasteiger partial charge in [-0.15, -0.1) is 0 Å². The summed E-state index contributed by atoms with van der Waals surface area (Å²) in [6.45, 7) is 11.8. The molecule has 0 bridgehead atoms. The Balaban J connectivity index is 1.52. The minimum atomic E-state index is -0.0841. The summed E-state index contributed by atoms with van der Waals surface area (Å²) in [6.07, 6.45) is 0. The van der Waals surface area contributed by atoms with Gasteiger partial charge in [0.15, 0.2) is 0 Å². The summed E-state index contributed by atoms with van der Waals surface area (Å²) in [5.41, 5.74) is 12.1. The van der Waals surface area contributed by atoms with Gasteiger partial charge in [0.2, 0.25) is 0 Å². The van der Waals surface area contributed by atoms with Gasteiger partial charge in [0.25, 0.3) is 0 Å². The lowest BCUT2D eigenvalue weighted by Gasteiger charge is -2.35. The van der Waals surface area contributed by atoms with Crippen molar-refractivity contribution in [3.8, 4) is 23.0 Å². The zero-order chi connectivity index (χ0) is 24.1. The third-order valence-electron chi connectivity index (χ3n) is 8.58. The van der Waals surface area contributed by atoms with Gasteiger partial charge in [-0.05, 0) is 85.6 Å². The lowest BCUT2D eigenvalue weighted by molar-refractivity contribution is 0.639. The third kappa shape index (κ3) is 2.59. The maximum Gasteiger partial charge on any atom is 0.0327 e. The van der Waals surface area contributed by atoms with Crippen LogP contribution in [0.1, 0.15) is 66.6 Å². The number of aryl methyl sites for hydroxylation is 1. The second-order valence-corrected chi connectivity index (χ2v) is 11.3. The molecule has 0 aliphatic heterocycles. The van der Waals surface area contributed by atoms with Gasteiger partial charge in [-0.1, -0.05) is 100 Å². The van der Waals surface area contributed by atoms with Gasteiger partial charge in [0.1, 0.15) is 0 Å². The first-order valence-electron chi connectivity index (χ1n) is 12.5. The molecule has 0 aromatic heterocycles. The van der Waals surface area contributed by atoms with E-state index >= 15 is 0 Å². The van der Waals surface area contributed by atoms with Gasteiger partial charge >= 0.3 is 0 Å². The predicted octanol–water partition coefficient (Wildman–Crippen LogP) is 8.65. The second kappa shape index (κ2) is 6.65. The summed E-state index contributed by atoms with van der Waals surface area (Å²) in [7, 11) is 0. The summed E-state index contributed by atoms with van der Waals surface area (Å²) in [6, 6.07) is 28.9. The van der Waals surface area contributed by atoms with Crippen LogP contribution in [0.3, 0.4) is 0 Å². The molecule has 5 aromatic rings. The Labute approximate surface area is 207 Å². The van der Waals surface area contributed by atoms with Crippen molar-refractivity contribution in [2.75, 3.05) is 0 Å². The highest BCUT2D eigenvalue weighted by Crippen LogP contribution is 2.59. The van der Waals surface area contributed by atoms with E-state index in [4.69, 9.17) is 0 Å². The fraction of sp³-hybridized carbons (Fsp3) is 0.200. The quantitative estimate of drug-likeness (QED) is 0.208.